The Morgan fingerprint density at radius 3 is 2.72 bits per heavy atom. The Hall–Kier alpha value is -1.00. The number of hydrogen-bond acceptors (Lipinski definition) is 2. The molecule has 3 atom stereocenters. The molecule has 1 aliphatic carbocycles. The number of benzene rings is 1. The smallest absolute Gasteiger partial charge is 0.159 e. The second-order valence-electron chi connectivity index (χ2n) is 5.57. The summed E-state index contributed by atoms with van der Waals surface area (Å²) in [5.74, 6) is -0.802. The fraction of sp³-hybridized carbons (Fsp3) is 0.571. The zero-order valence-corrected chi connectivity index (χ0v) is 10.3. The molecule has 0 spiro atoms. The summed E-state index contributed by atoms with van der Waals surface area (Å²) in [4.78, 5) is 2.40. The molecule has 98 valence electrons. The van der Waals surface area contributed by atoms with E-state index in [2.05, 4.69) is 4.90 Å². The average molecular weight is 252 g/mol. The summed E-state index contributed by atoms with van der Waals surface area (Å²) in [5, 5.41) is 0. The largest absolute Gasteiger partial charge is 0.323 e. The lowest BCUT2D eigenvalue weighted by Crippen LogP contribution is -2.37. The van der Waals surface area contributed by atoms with Crippen molar-refractivity contribution in [2.24, 2.45) is 11.7 Å². The van der Waals surface area contributed by atoms with Crippen molar-refractivity contribution < 1.29 is 8.78 Å². The van der Waals surface area contributed by atoms with E-state index in [0.29, 0.717) is 11.6 Å². The average Bonchev–Trinajstić information content (AvgIpc) is 2.94. The van der Waals surface area contributed by atoms with Crippen LogP contribution in [-0.4, -0.2) is 24.0 Å². The minimum Gasteiger partial charge on any atom is -0.323 e. The van der Waals surface area contributed by atoms with Crippen LogP contribution in [0.1, 0.15) is 30.9 Å². The van der Waals surface area contributed by atoms with Gasteiger partial charge in [-0.15, -0.1) is 0 Å². The van der Waals surface area contributed by atoms with Crippen molar-refractivity contribution in [3.05, 3.63) is 35.4 Å². The zero-order chi connectivity index (χ0) is 12.7. The molecule has 0 amide bonds. The fourth-order valence-electron chi connectivity index (χ4n) is 3.35. The quantitative estimate of drug-likeness (QED) is 0.895. The van der Waals surface area contributed by atoms with E-state index in [0.717, 1.165) is 25.1 Å². The molecular weight excluding hydrogens is 234 g/mol. The van der Waals surface area contributed by atoms with Gasteiger partial charge in [0, 0.05) is 25.2 Å². The van der Waals surface area contributed by atoms with E-state index in [4.69, 9.17) is 5.73 Å². The van der Waals surface area contributed by atoms with Crippen LogP contribution in [0.15, 0.2) is 18.2 Å². The first-order chi connectivity index (χ1) is 8.63. The second kappa shape index (κ2) is 4.59. The van der Waals surface area contributed by atoms with E-state index in [9.17, 15) is 8.78 Å². The van der Waals surface area contributed by atoms with E-state index >= 15 is 0 Å². The Morgan fingerprint density at radius 2 is 2.11 bits per heavy atom. The third-order valence-electron chi connectivity index (χ3n) is 4.33. The van der Waals surface area contributed by atoms with Gasteiger partial charge in [-0.05, 0) is 42.9 Å². The second-order valence-corrected chi connectivity index (χ2v) is 5.57. The van der Waals surface area contributed by atoms with Crippen LogP contribution in [-0.2, 0) is 0 Å². The van der Waals surface area contributed by atoms with Gasteiger partial charge in [0.15, 0.2) is 11.6 Å². The molecule has 4 heteroatoms. The van der Waals surface area contributed by atoms with Crippen molar-refractivity contribution in [2.45, 2.75) is 31.3 Å². The highest BCUT2D eigenvalue weighted by atomic mass is 19.2. The fourth-order valence-corrected chi connectivity index (χ4v) is 3.35. The number of nitrogens with zero attached hydrogens (tertiary/aromatic N) is 1. The van der Waals surface area contributed by atoms with Crippen LogP contribution in [0, 0.1) is 17.6 Å². The highest BCUT2D eigenvalue weighted by molar-refractivity contribution is 5.21. The number of nitrogens with two attached hydrogens (primary N) is 1. The number of piperidine rings is 1. The molecule has 0 aromatic heterocycles. The van der Waals surface area contributed by atoms with Crippen molar-refractivity contribution in [1.29, 1.82) is 0 Å². The molecule has 0 radical (unpaired) electrons. The van der Waals surface area contributed by atoms with Gasteiger partial charge in [-0.25, -0.2) is 8.78 Å². The molecular formula is C14H18F2N2. The molecule has 1 saturated heterocycles. The van der Waals surface area contributed by atoms with Crippen LogP contribution < -0.4 is 5.73 Å². The Balaban J connectivity index is 1.67. The van der Waals surface area contributed by atoms with Gasteiger partial charge in [-0.1, -0.05) is 6.07 Å². The third kappa shape index (κ3) is 2.15. The molecule has 1 aliphatic heterocycles. The van der Waals surface area contributed by atoms with Crippen LogP contribution in [0.3, 0.4) is 0 Å². The van der Waals surface area contributed by atoms with Gasteiger partial charge in [0.2, 0.25) is 0 Å². The Kier molecular flexibility index (Phi) is 3.08. The predicted molar refractivity (Wildman–Crippen MR) is 66.0 cm³/mol. The monoisotopic (exact) mass is 252 g/mol. The van der Waals surface area contributed by atoms with Gasteiger partial charge in [0.05, 0.1) is 0 Å². The minimum absolute atomic E-state index is 0.237. The maximum atomic E-state index is 13.2. The molecule has 1 heterocycles. The SMILES string of the molecule is NC(CN1CC2CCC1C2)c1ccc(F)c(F)c1. The lowest BCUT2D eigenvalue weighted by molar-refractivity contribution is 0.201. The maximum absolute atomic E-state index is 13.2. The molecule has 18 heavy (non-hydrogen) atoms. The number of hydrogen-bond donors (Lipinski definition) is 1. The number of halogens is 2. The third-order valence-corrected chi connectivity index (χ3v) is 4.33. The lowest BCUT2D eigenvalue weighted by atomic mass is 10.0. The number of fused-ring (bicyclic) bond motifs is 2. The molecule has 3 unspecified atom stereocenters. The van der Waals surface area contributed by atoms with E-state index in [-0.39, 0.29) is 6.04 Å². The standard InChI is InChI=1S/C14H18F2N2/c15-12-4-2-10(6-13(12)16)14(17)8-18-7-9-1-3-11(18)5-9/h2,4,6,9,11,14H,1,3,5,7-8,17H2. The van der Waals surface area contributed by atoms with Crippen molar-refractivity contribution in [2.75, 3.05) is 13.1 Å². The van der Waals surface area contributed by atoms with Crippen molar-refractivity contribution in [1.82, 2.24) is 4.90 Å². The Morgan fingerprint density at radius 1 is 1.28 bits per heavy atom. The molecule has 2 aliphatic rings. The summed E-state index contributed by atoms with van der Waals surface area (Å²) >= 11 is 0. The van der Waals surface area contributed by atoms with Crippen molar-refractivity contribution >= 4 is 0 Å². The van der Waals surface area contributed by atoms with Crippen LogP contribution in [0.2, 0.25) is 0 Å². The summed E-state index contributed by atoms with van der Waals surface area (Å²) in [6.45, 7) is 1.86. The molecule has 2 bridgehead atoms. The van der Waals surface area contributed by atoms with E-state index in [1.807, 2.05) is 0 Å². The molecule has 3 rings (SSSR count). The molecule has 1 aromatic carbocycles. The highest BCUT2D eigenvalue weighted by Crippen LogP contribution is 2.37. The Bertz CT molecular complexity index is 449. The molecule has 1 aromatic rings. The topological polar surface area (TPSA) is 29.3 Å². The van der Waals surface area contributed by atoms with Crippen molar-refractivity contribution in [3.63, 3.8) is 0 Å². The molecule has 1 saturated carbocycles. The van der Waals surface area contributed by atoms with E-state index < -0.39 is 11.6 Å². The summed E-state index contributed by atoms with van der Waals surface area (Å²) in [7, 11) is 0. The summed E-state index contributed by atoms with van der Waals surface area (Å²) in [6, 6.07) is 4.37. The predicted octanol–water partition coefficient (Wildman–Crippen LogP) is 2.45. The first-order valence-corrected chi connectivity index (χ1v) is 6.58. The summed E-state index contributed by atoms with van der Waals surface area (Å²) in [5.41, 5.74) is 6.77. The van der Waals surface area contributed by atoms with Gasteiger partial charge < -0.3 is 5.73 Å². The van der Waals surface area contributed by atoms with E-state index in [1.54, 1.807) is 6.07 Å². The molecule has 2 nitrogen and oxygen atoms in total. The maximum Gasteiger partial charge on any atom is 0.159 e. The van der Waals surface area contributed by atoms with Gasteiger partial charge in [-0.3, -0.25) is 4.90 Å². The van der Waals surface area contributed by atoms with Gasteiger partial charge >= 0.3 is 0 Å². The van der Waals surface area contributed by atoms with Gasteiger partial charge in [0.25, 0.3) is 0 Å². The van der Waals surface area contributed by atoms with Crippen LogP contribution in [0.25, 0.3) is 0 Å². The highest BCUT2D eigenvalue weighted by Gasteiger charge is 2.38. The van der Waals surface area contributed by atoms with Crippen molar-refractivity contribution in [3.8, 4) is 0 Å². The van der Waals surface area contributed by atoms with E-state index in [1.165, 1.54) is 25.3 Å². The first-order valence-electron chi connectivity index (χ1n) is 6.58. The van der Waals surface area contributed by atoms with Gasteiger partial charge in [-0.2, -0.15) is 0 Å². The zero-order valence-electron chi connectivity index (χ0n) is 10.3. The minimum atomic E-state index is -0.814. The first kappa shape index (κ1) is 12.1. The van der Waals surface area contributed by atoms with Crippen LogP contribution in [0.4, 0.5) is 8.78 Å². The van der Waals surface area contributed by atoms with Gasteiger partial charge in [0.1, 0.15) is 0 Å². The normalized spacial score (nSPS) is 28.8. The summed E-state index contributed by atoms with van der Waals surface area (Å²) in [6.07, 6.45) is 3.88. The summed E-state index contributed by atoms with van der Waals surface area (Å²) < 4.78 is 26.0. The molecule has 2 fully saturated rings. The Labute approximate surface area is 106 Å². The number of rotatable bonds is 3. The van der Waals surface area contributed by atoms with Crippen LogP contribution in [0.5, 0.6) is 0 Å². The lowest BCUT2D eigenvalue weighted by Gasteiger charge is -2.29. The molecule has 2 N–H and O–H groups in total. The van der Waals surface area contributed by atoms with Crippen LogP contribution >= 0.6 is 0 Å². The number of likely N-dealkylation sites (tertiary alicyclic amines) is 1.